The van der Waals surface area contributed by atoms with Crippen molar-refractivity contribution in [2.24, 2.45) is 5.92 Å². The summed E-state index contributed by atoms with van der Waals surface area (Å²) in [4.78, 5) is 29.7. The Morgan fingerprint density at radius 1 is 1.45 bits per heavy atom. The number of nitrogens with zero attached hydrogens (tertiary/aromatic N) is 2. The van der Waals surface area contributed by atoms with E-state index in [2.05, 4.69) is 4.98 Å². The lowest BCUT2D eigenvalue weighted by molar-refractivity contribution is -0.150. The maximum atomic E-state index is 12.1. The zero-order valence-corrected chi connectivity index (χ0v) is 12.7. The Bertz CT molecular complexity index is 553. The van der Waals surface area contributed by atoms with Crippen molar-refractivity contribution in [2.75, 3.05) is 18.1 Å². The molecule has 1 aliphatic carbocycles. The van der Waals surface area contributed by atoms with E-state index in [1.807, 2.05) is 19.1 Å². The second-order valence-electron chi connectivity index (χ2n) is 5.85. The highest BCUT2D eigenvalue weighted by molar-refractivity contribution is 5.89. The molecular weight excluding hydrogens is 284 g/mol. The fourth-order valence-corrected chi connectivity index (χ4v) is 3.21. The van der Waals surface area contributed by atoms with Gasteiger partial charge in [-0.05, 0) is 44.7 Å². The zero-order valence-electron chi connectivity index (χ0n) is 12.7. The van der Waals surface area contributed by atoms with E-state index in [1.54, 1.807) is 17.2 Å². The molecule has 1 saturated carbocycles. The molecule has 3 rings (SSSR count). The molecule has 2 aliphatic rings. The largest absolute Gasteiger partial charge is 0.466 e. The highest BCUT2D eigenvalue weighted by Crippen LogP contribution is 2.40. The maximum absolute atomic E-state index is 12.1. The molecule has 118 valence electrons. The molecule has 0 aromatic carbocycles. The molecule has 1 aromatic heterocycles. The van der Waals surface area contributed by atoms with Gasteiger partial charge in [-0.25, -0.2) is 9.78 Å². The van der Waals surface area contributed by atoms with E-state index in [4.69, 9.17) is 9.47 Å². The Hall–Kier alpha value is -2.11. The van der Waals surface area contributed by atoms with E-state index in [-0.39, 0.29) is 18.0 Å². The maximum Gasteiger partial charge on any atom is 0.416 e. The number of rotatable bonds is 3. The first-order chi connectivity index (χ1) is 10.6. The molecule has 6 heteroatoms. The van der Waals surface area contributed by atoms with E-state index >= 15 is 0 Å². The number of pyridine rings is 1. The summed E-state index contributed by atoms with van der Waals surface area (Å²) in [5.74, 6) is 0.397. The van der Waals surface area contributed by atoms with Crippen LogP contribution >= 0.6 is 0 Å². The molecule has 22 heavy (non-hydrogen) atoms. The molecule has 0 N–H and O–H groups in total. The molecule has 1 aromatic rings. The Kier molecular flexibility index (Phi) is 4.00. The predicted molar refractivity (Wildman–Crippen MR) is 79.4 cm³/mol. The fraction of sp³-hybridized carbons (Fsp3) is 0.562. The van der Waals surface area contributed by atoms with Crippen molar-refractivity contribution in [3.8, 4) is 0 Å². The minimum atomic E-state index is -0.488. The second kappa shape index (κ2) is 5.94. The van der Waals surface area contributed by atoms with Crippen LogP contribution in [-0.4, -0.2) is 35.8 Å². The summed E-state index contributed by atoms with van der Waals surface area (Å²) in [5.41, 5.74) is -0.488. The summed E-state index contributed by atoms with van der Waals surface area (Å²) >= 11 is 0. The molecule has 2 fully saturated rings. The van der Waals surface area contributed by atoms with Gasteiger partial charge in [-0.1, -0.05) is 6.07 Å². The van der Waals surface area contributed by atoms with Crippen LogP contribution in [0.15, 0.2) is 24.4 Å². The van der Waals surface area contributed by atoms with Crippen molar-refractivity contribution in [1.82, 2.24) is 4.98 Å². The van der Waals surface area contributed by atoms with E-state index in [0.717, 1.165) is 0 Å². The molecule has 0 bridgehead atoms. The third-order valence-electron chi connectivity index (χ3n) is 4.41. The van der Waals surface area contributed by atoms with Crippen LogP contribution in [0.25, 0.3) is 0 Å². The summed E-state index contributed by atoms with van der Waals surface area (Å²) in [6.07, 6.45) is 4.07. The number of amides is 1. The summed E-state index contributed by atoms with van der Waals surface area (Å²) in [6.45, 7) is 2.72. The van der Waals surface area contributed by atoms with Crippen LogP contribution in [0.3, 0.4) is 0 Å². The van der Waals surface area contributed by atoms with Crippen LogP contribution in [0.4, 0.5) is 10.6 Å². The molecule has 1 amide bonds. The molecule has 1 saturated heterocycles. The van der Waals surface area contributed by atoms with Crippen LogP contribution < -0.4 is 4.90 Å². The molecule has 0 unspecified atom stereocenters. The van der Waals surface area contributed by atoms with Crippen molar-refractivity contribution < 1.29 is 19.1 Å². The normalized spacial score (nSPS) is 27.8. The van der Waals surface area contributed by atoms with Gasteiger partial charge in [-0.3, -0.25) is 9.69 Å². The highest BCUT2D eigenvalue weighted by Gasteiger charge is 2.49. The lowest BCUT2D eigenvalue weighted by Crippen LogP contribution is -2.40. The lowest BCUT2D eigenvalue weighted by atomic mass is 9.79. The molecule has 2 heterocycles. The molecule has 6 nitrogen and oxygen atoms in total. The van der Waals surface area contributed by atoms with Gasteiger partial charge in [0, 0.05) is 6.20 Å². The zero-order chi connectivity index (χ0) is 15.6. The van der Waals surface area contributed by atoms with E-state index in [0.29, 0.717) is 44.7 Å². The smallest absolute Gasteiger partial charge is 0.416 e. The lowest BCUT2D eigenvalue weighted by Gasteiger charge is -2.34. The predicted octanol–water partition coefficient (Wildman–Crippen LogP) is 2.53. The third kappa shape index (κ3) is 2.77. The molecule has 0 atom stereocenters. The monoisotopic (exact) mass is 304 g/mol. The number of hydrogen-bond acceptors (Lipinski definition) is 5. The van der Waals surface area contributed by atoms with Crippen molar-refractivity contribution in [1.29, 1.82) is 0 Å². The van der Waals surface area contributed by atoms with Crippen LogP contribution in [0.1, 0.15) is 32.6 Å². The Morgan fingerprint density at radius 2 is 2.23 bits per heavy atom. The fourth-order valence-electron chi connectivity index (χ4n) is 3.21. The number of esters is 1. The van der Waals surface area contributed by atoms with Crippen molar-refractivity contribution >= 4 is 17.9 Å². The molecule has 0 radical (unpaired) electrons. The second-order valence-corrected chi connectivity index (χ2v) is 5.85. The van der Waals surface area contributed by atoms with Crippen LogP contribution in [0, 0.1) is 5.92 Å². The van der Waals surface area contributed by atoms with Gasteiger partial charge in [0.2, 0.25) is 0 Å². The van der Waals surface area contributed by atoms with Gasteiger partial charge >= 0.3 is 12.1 Å². The third-order valence-corrected chi connectivity index (χ3v) is 4.41. The number of carbonyl (C=O) groups is 2. The van der Waals surface area contributed by atoms with Gasteiger partial charge in [0.25, 0.3) is 0 Å². The first kappa shape index (κ1) is 14.8. The van der Waals surface area contributed by atoms with Gasteiger partial charge in [-0.15, -0.1) is 0 Å². The first-order valence-corrected chi connectivity index (χ1v) is 7.72. The Labute approximate surface area is 129 Å². The van der Waals surface area contributed by atoms with Gasteiger partial charge < -0.3 is 9.47 Å². The topological polar surface area (TPSA) is 68.7 Å². The molecular formula is C16H20N2O4. The summed E-state index contributed by atoms with van der Waals surface area (Å²) in [7, 11) is 0. The SMILES string of the molecule is CCOC(=O)[C@H]1CC[C@]2(CC1)CN(c1ccccn1)C(=O)O2. The summed E-state index contributed by atoms with van der Waals surface area (Å²) in [6, 6.07) is 5.45. The van der Waals surface area contributed by atoms with Gasteiger partial charge in [0.1, 0.15) is 11.4 Å². The number of anilines is 1. The molecule has 1 spiro atoms. The number of carbonyl (C=O) groups excluding carboxylic acids is 2. The Balaban J connectivity index is 1.65. The molecule has 1 aliphatic heterocycles. The van der Waals surface area contributed by atoms with E-state index < -0.39 is 5.60 Å². The average Bonchev–Trinajstić information content (AvgIpc) is 2.85. The number of hydrogen-bond donors (Lipinski definition) is 0. The van der Waals surface area contributed by atoms with E-state index in [9.17, 15) is 9.59 Å². The highest BCUT2D eigenvalue weighted by atomic mass is 16.6. The number of ether oxygens (including phenoxy) is 2. The minimum absolute atomic E-state index is 0.0758. The average molecular weight is 304 g/mol. The van der Waals surface area contributed by atoms with Gasteiger partial charge in [0.15, 0.2) is 0 Å². The van der Waals surface area contributed by atoms with Crippen LogP contribution in [0.2, 0.25) is 0 Å². The number of aromatic nitrogens is 1. The quantitative estimate of drug-likeness (QED) is 0.803. The van der Waals surface area contributed by atoms with Crippen molar-refractivity contribution in [3.05, 3.63) is 24.4 Å². The van der Waals surface area contributed by atoms with Crippen LogP contribution in [0.5, 0.6) is 0 Å². The summed E-state index contributed by atoms with van der Waals surface area (Å²) in [5, 5.41) is 0. The van der Waals surface area contributed by atoms with Crippen molar-refractivity contribution in [2.45, 2.75) is 38.2 Å². The summed E-state index contributed by atoms with van der Waals surface area (Å²) < 4.78 is 10.7. The van der Waals surface area contributed by atoms with Gasteiger partial charge in [0.05, 0.1) is 19.1 Å². The standard InChI is InChI=1S/C16H20N2O4/c1-2-21-14(19)12-6-8-16(9-7-12)11-18(15(20)22-16)13-5-3-4-10-17-13/h3-5,10,12H,2,6-9,11H2,1H3/t12-,16-. The van der Waals surface area contributed by atoms with Crippen LogP contribution in [-0.2, 0) is 14.3 Å². The van der Waals surface area contributed by atoms with Gasteiger partial charge in [-0.2, -0.15) is 0 Å². The first-order valence-electron chi connectivity index (χ1n) is 7.72. The minimum Gasteiger partial charge on any atom is -0.466 e. The Morgan fingerprint density at radius 3 is 2.86 bits per heavy atom. The van der Waals surface area contributed by atoms with E-state index in [1.165, 1.54) is 0 Å². The van der Waals surface area contributed by atoms with Crippen molar-refractivity contribution in [3.63, 3.8) is 0 Å².